The van der Waals surface area contributed by atoms with Gasteiger partial charge in [0.2, 0.25) is 0 Å². The number of benzene rings is 2. The summed E-state index contributed by atoms with van der Waals surface area (Å²) in [5.74, 6) is -1.36. The molecule has 0 aromatic heterocycles. The standard InChI is InChI=1S/C25H28N2O6/c1-4-32-25(31)27-13-11-26(12-14-27)22(28)16-33-24(30)20-8-6-5-7-19(20)23(29)21-15-17(2)9-10-18(21)3/h5-10,15H,4,11-14,16H2,1-3H3. The molecular formula is C25H28N2O6. The van der Waals surface area contributed by atoms with E-state index in [-0.39, 0.29) is 22.8 Å². The van der Waals surface area contributed by atoms with Gasteiger partial charge < -0.3 is 19.3 Å². The topological polar surface area (TPSA) is 93.2 Å². The van der Waals surface area contributed by atoms with Crippen molar-refractivity contribution in [1.82, 2.24) is 9.80 Å². The summed E-state index contributed by atoms with van der Waals surface area (Å²) in [6, 6.07) is 12.0. The zero-order chi connectivity index (χ0) is 24.0. The maximum Gasteiger partial charge on any atom is 0.409 e. The third-order valence-corrected chi connectivity index (χ3v) is 5.51. The number of ether oxygens (including phenoxy) is 2. The van der Waals surface area contributed by atoms with Crippen molar-refractivity contribution in [2.45, 2.75) is 20.8 Å². The first-order valence-electron chi connectivity index (χ1n) is 10.9. The normalized spacial score (nSPS) is 13.4. The van der Waals surface area contributed by atoms with Crippen molar-refractivity contribution in [3.63, 3.8) is 0 Å². The van der Waals surface area contributed by atoms with Gasteiger partial charge in [-0.15, -0.1) is 0 Å². The van der Waals surface area contributed by atoms with E-state index in [1.165, 1.54) is 15.9 Å². The van der Waals surface area contributed by atoms with Crippen molar-refractivity contribution in [2.24, 2.45) is 0 Å². The summed E-state index contributed by atoms with van der Waals surface area (Å²) < 4.78 is 10.2. The van der Waals surface area contributed by atoms with Crippen LogP contribution >= 0.6 is 0 Å². The Balaban J connectivity index is 1.63. The minimum absolute atomic E-state index is 0.114. The molecule has 1 fully saturated rings. The lowest BCUT2D eigenvalue weighted by Gasteiger charge is -2.33. The molecule has 2 aromatic rings. The zero-order valence-corrected chi connectivity index (χ0v) is 19.1. The van der Waals surface area contributed by atoms with Gasteiger partial charge in [-0.1, -0.05) is 35.9 Å². The number of carbonyl (C=O) groups is 4. The first-order valence-corrected chi connectivity index (χ1v) is 10.9. The van der Waals surface area contributed by atoms with Crippen LogP contribution in [0.5, 0.6) is 0 Å². The van der Waals surface area contributed by atoms with E-state index in [9.17, 15) is 19.2 Å². The highest BCUT2D eigenvalue weighted by atomic mass is 16.6. The lowest BCUT2D eigenvalue weighted by molar-refractivity contribution is -0.136. The molecule has 1 aliphatic heterocycles. The average molecular weight is 453 g/mol. The van der Waals surface area contributed by atoms with Crippen LogP contribution in [0.25, 0.3) is 0 Å². The van der Waals surface area contributed by atoms with Gasteiger partial charge in [0, 0.05) is 37.3 Å². The third-order valence-electron chi connectivity index (χ3n) is 5.51. The van der Waals surface area contributed by atoms with Crippen molar-refractivity contribution in [2.75, 3.05) is 39.4 Å². The molecule has 2 aromatic carbocycles. The average Bonchev–Trinajstić information content (AvgIpc) is 2.83. The molecule has 33 heavy (non-hydrogen) atoms. The van der Waals surface area contributed by atoms with Gasteiger partial charge in [-0.25, -0.2) is 9.59 Å². The Labute approximate surface area is 193 Å². The number of ketones is 1. The molecule has 0 N–H and O–H groups in total. The van der Waals surface area contributed by atoms with Crippen molar-refractivity contribution in [3.05, 3.63) is 70.3 Å². The fourth-order valence-corrected chi connectivity index (χ4v) is 3.63. The van der Waals surface area contributed by atoms with E-state index in [0.29, 0.717) is 38.3 Å². The molecule has 0 spiro atoms. The van der Waals surface area contributed by atoms with Gasteiger partial charge in [0.15, 0.2) is 12.4 Å². The Bertz CT molecular complexity index is 1060. The van der Waals surface area contributed by atoms with Crippen LogP contribution in [0.4, 0.5) is 4.79 Å². The number of nitrogens with zero attached hydrogens (tertiary/aromatic N) is 2. The lowest BCUT2D eigenvalue weighted by Crippen LogP contribution is -2.51. The Kier molecular flexibility index (Phi) is 7.82. The largest absolute Gasteiger partial charge is 0.452 e. The molecule has 0 radical (unpaired) electrons. The highest BCUT2D eigenvalue weighted by Crippen LogP contribution is 2.19. The van der Waals surface area contributed by atoms with Gasteiger partial charge in [0.25, 0.3) is 5.91 Å². The molecule has 0 aliphatic carbocycles. The van der Waals surface area contributed by atoms with Crippen LogP contribution in [0, 0.1) is 13.8 Å². The highest BCUT2D eigenvalue weighted by Gasteiger charge is 2.26. The maximum absolute atomic E-state index is 13.1. The second kappa shape index (κ2) is 10.8. The molecule has 3 rings (SSSR count). The molecule has 1 heterocycles. The van der Waals surface area contributed by atoms with Crippen molar-refractivity contribution >= 4 is 23.8 Å². The molecule has 174 valence electrons. The molecule has 0 bridgehead atoms. The van der Waals surface area contributed by atoms with Crippen molar-refractivity contribution in [3.8, 4) is 0 Å². The Morgan fingerprint density at radius 1 is 0.818 bits per heavy atom. The number of hydrogen-bond acceptors (Lipinski definition) is 6. The first kappa shape index (κ1) is 24.0. The Morgan fingerprint density at radius 3 is 2.12 bits per heavy atom. The minimum Gasteiger partial charge on any atom is -0.452 e. The second-order valence-electron chi connectivity index (χ2n) is 7.84. The van der Waals surface area contributed by atoms with E-state index >= 15 is 0 Å². The molecule has 1 aliphatic rings. The predicted molar refractivity (Wildman–Crippen MR) is 121 cm³/mol. The maximum atomic E-state index is 13.1. The number of hydrogen-bond donors (Lipinski definition) is 0. The predicted octanol–water partition coefficient (Wildman–Crippen LogP) is 2.99. The number of esters is 1. The van der Waals surface area contributed by atoms with Crippen molar-refractivity contribution in [1.29, 1.82) is 0 Å². The van der Waals surface area contributed by atoms with E-state index in [1.54, 1.807) is 31.2 Å². The van der Waals surface area contributed by atoms with Gasteiger partial charge in [0.05, 0.1) is 12.2 Å². The number of aryl methyl sites for hydroxylation is 2. The molecule has 0 atom stereocenters. The van der Waals surface area contributed by atoms with E-state index in [1.807, 2.05) is 26.0 Å². The molecule has 8 nitrogen and oxygen atoms in total. The van der Waals surface area contributed by atoms with Crippen LogP contribution in [0.3, 0.4) is 0 Å². The number of rotatable bonds is 6. The number of carbonyl (C=O) groups excluding carboxylic acids is 4. The van der Waals surface area contributed by atoms with E-state index in [0.717, 1.165) is 11.1 Å². The summed E-state index contributed by atoms with van der Waals surface area (Å²) in [5.41, 5.74) is 2.62. The Morgan fingerprint density at radius 2 is 1.45 bits per heavy atom. The highest BCUT2D eigenvalue weighted by molar-refractivity contribution is 6.15. The van der Waals surface area contributed by atoms with Crippen LogP contribution < -0.4 is 0 Å². The molecule has 0 saturated carbocycles. The molecule has 0 unspecified atom stereocenters. The van der Waals surface area contributed by atoms with Gasteiger partial charge in [-0.05, 0) is 38.5 Å². The summed E-state index contributed by atoms with van der Waals surface area (Å²) in [7, 11) is 0. The van der Waals surface area contributed by atoms with Crippen molar-refractivity contribution < 1.29 is 28.7 Å². The quantitative estimate of drug-likeness (QED) is 0.494. The summed E-state index contributed by atoms with van der Waals surface area (Å²) in [5, 5.41) is 0. The van der Waals surface area contributed by atoms with Crippen LogP contribution in [-0.2, 0) is 14.3 Å². The van der Waals surface area contributed by atoms with Gasteiger partial charge >= 0.3 is 12.1 Å². The van der Waals surface area contributed by atoms with E-state index in [2.05, 4.69) is 0 Å². The fraction of sp³-hybridized carbons (Fsp3) is 0.360. The molecular weight excluding hydrogens is 424 g/mol. The van der Waals surface area contributed by atoms with Gasteiger partial charge in [-0.2, -0.15) is 0 Å². The monoisotopic (exact) mass is 452 g/mol. The zero-order valence-electron chi connectivity index (χ0n) is 19.1. The smallest absolute Gasteiger partial charge is 0.409 e. The van der Waals surface area contributed by atoms with Crippen LogP contribution in [-0.4, -0.2) is 72.9 Å². The second-order valence-corrected chi connectivity index (χ2v) is 7.84. The fourth-order valence-electron chi connectivity index (χ4n) is 3.63. The lowest BCUT2D eigenvalue weighted by atomic mass is 9.94. The summed E-state index contributed by atoms with van der Waals surface area (Å²) in [4.78, 5) is 53.2. The van der Waals surface area contributed by atoms with Crippen LogP contribution in [0.1, 0.15) is 44.3 Å². The summed E-state index contributed by atoms with van der Waals surface area (Å²) in [6.07, 6.45) is -0.402. The number of amides is 2. The van der Waals surface area contributed by atoms with E-state index in [4.69, 9.17) is 9.47 Å². The third kappa shape index (κ3) is 5.77. The minimum atomic E-state index is -0.734. The molecule has 1 saturated heterocycles. The van der Waals surface area contributed by atoms with E-state index < -0.39 is 18.7 Å². The summed E-state index contributed by atoms with van der Waals surface area (Å²) >= 11 is 0. The summed E-state index contributed by atoms with van der Waals surface area (Å²) in [6.45, 7) is 6.69. The first-order chi connectivity index (χ1) is 15.8. The Hall–Kier alpha value is -3.68. The van der Waals surface area contributed by atoms with Gasteiger partial charge in [0.1, 0.15) is 0 Å². The SMILES string of the molecule is CCOC(=O)N1CCN(C(=O)COC(=O)c2ccccc2C(=O)c2cc(C)ccc2C)CC1. The molecule has 2 amide bonds. The number of piperazine rings is 1. The van der Waals surface area contributed by atoms with Crippen LogP contribution in [0.15, 0.2) is 42.5 Å². The molecule has 8 heteroatoms. The van der Waals surface area contributed by atoms with Gasteiger partial charge in [-0.3, -0.25) is 9.59 Å². The van der Waals surface area contributed by atoms with Crippen LogP contribution in [0.2, 0.25) is 0 Å².